The van der Waals surface area contributed by atoms with Crippen molar-refractivity contribution in [1.29, 1.82) is 0 Å². The van der Waals surface area contributed by atoms with Crippen LogP contribution in [0.5, 0.6) is 0 Å². The maximum atomic E-state index is 13.1. The van der Waals surface area contributed by atoms with Crippen molar-refractivity contribution < 1.29 is 4.39 Å². The highest BCUT2D eigenvalue weighted by atomic mass is 35.5. The third-order valence-corrected chi connectivity index (χ3v) is 1.74. The van der Waals surface area contributed by atoms with Crippen LogP contribution in [0.3, 0.4) is 0 Å². The second-order valence-corrected chi connectivity index (χ2v) is 3.18. The van der Waals surface area contributed by atoms with Gasteiger partial charge in [0.05, 0.1) is 5.38 Å². The van der Waals surface area contributed by atoms with Crippen molar-refractivity contribution in [3.05, 3.63) is 35.9 Å². The van der Waals surface area contributed by atoms with Gasteiger partial charge in [-0.3, -0.25) is 0 Å². The highest BCUT2D eigenvalue weighted by molar-refractivity contribution is 6.20. The van der Waals surface area contributed by atoms with Crippen LogP contribution in [0, 0.1) is 0 Å². The zero-order valence-electron chi connectivity index (χ0n) is 6.30. The number of alkyl halides is 2. The van der Waals surface area contributed by atoms with Gasteiger partial charge in [0.25, 0.3) is 0 Å². The Morgan fingerprint density at radius 1 is 1.27 bits per heavy atom. The molecule has 0 aromatic heterocycles. The van der Waals surface area contributed by atoms with E-state index >= 15 is 0 Å². The van der Waals surface area contributed by atoms with Crippen molar-refractivity contribution in [2.45, 2.75) is 18.5 Å². The molecule has 0 nitrogen and oxygen atoms in total. The van der Waals surface area contributed by atoms with E-state index in [0.717, 1.165) is 0 Å². The normalized spacial score (nSPS) is 15.9. The summed E-state index contributed by atoms with van der Waals surface area (Å²) in [5, 5.41) is -0.461. The molecule has 1 rings (SSSR count). The molecule has 2 heteroatoms. The molecule has 60 valence electrons. The van der Waals surface area contributed by atoms with E-state index in [1.165, 1.54) is 0 Å². The van der Waals surface area contributed by atoms with Crippen molar-refractivity contribution in [2.75, 3.05) is 0 Å². The minimum absolute atomic E-state index is 0.461. The van der Waals surface area contributed by atoms with Gasteiger partial charge in [-0.15, -0.1) is 11.6 Å². The first kappa shape index (κ1) is 8.54. The first-order chi connectivity index (χ1) is 5.22. The fourth-order valence-electron chi connectivity index (χ4n) is 0.902. The van der Waals surface area contributed by atoms with E-state index in [9.17, 15) is 4.39 Å². The molecule has 2 atom stereocenters. The van der Waals surface area contributed by atoms with Crippen LogP contribution in [-0.2, 0) is 0 Å². The summed E-state index contributed by atoms with van der Waals surface area (Å²) in [6.07, 6.45) is -1.06. The summed E-state index contributed by atoms with van der Waals surface area (Å²) in [4.78, 5) is 0. The molecule has 0 aliphatic rings. The van der Waals surface area contributed by atoms with E-state index < -0.39 is 11.5 Å². The van der Waals surface area contributed by atoms with Gasteiger partial charge in [-0.05, 0) is 12.5 Å². The molecule has 0 N–H and O–H groups in total. The lowest BCUT2D eigenvalue weighted by molar-refractivity contribution is 0.339. The summed E-state index contributed by atoms with van der Waals surface area (Å²) in [6.45, 7) is 1.65. The van der Waals surface area contributed by atoms with Crippen LogP contribution in [0.2, 0.25) is 0 Å². The zero-order valence-corrected chi connectivity index (χ0v) is 7.05. The minimum atomic E-state index is -1.06. The Balaban J connectivity index is 2.77. The summed E-state index contributed by atoms with van der Waals surface area (Å²) in [5.74, 6) is 0. The topological polar surface area (TPSA) is 0 Å². The SMILES string of the molecule is C[C@@H](Cl)[C@H](F)c1ccccc1. The number of hydrogen-bond acceptors (Lipinski definition) is 0. The van der Waals surface area contributed by atoms with Gasteiger partial charge in [-0.2, -0.15) is 0 Å². The van der Waals surface area contributed by atoms with Gasteiger partial charge in [0.2, 0.25) is 0 Å². The van der Waals surface area contributed by atoms with Crippen LogP contribution >= 0.6 is 11.6 Å². The quantitative estimate of drug-likeness (QED) is 0.601. The third-order valence-electron chi connectivity index (χ3n) is 1.52. The van der Waals surface area contributed by atoms with E-state index in [1.54, 1.807) is 31.2 Å². The van der Waals surface area contributed by atoms with Crippen LogP contribution in [0.4, 0.5) is 4.39 Å². The van der Waals surface area contributed by atoms with Gasteiger partial charge in [0, 0.05) is 0 Å². The monoisotopic (exact) mass is 172 g/mol. The summed E-state index contributed by atoms with van der Waals surface area (Å²) in [5.41, 5.74) is 0.648. The van der Waals surface area contributed by atoms with Crippen molar-refractivity contribution in [3.8, 4) is 0 Å². The van der Waals surface area contributed by atoms with E-state index in [0.29, 0.717) is 5.56 Å². The maximum Gasteiger partial charge on any atom is 0.141 e. The Morgan fingerprint density at radius 3 is 2.27 bits per heavy atom. The first-order valence-corrected chi connectivity index (χ1v) is 3.98. The van der Waals surface area contributed by atoms with Gasteiger partial charge in [-0.1, -0.05) is 30.3 Å². The molecule has 0 bridgehead atoms. The Hall–Kier alpha value is -0.560. The Bertz CT molecular complexity index is 208. The molecule has 0 amide bonds. The van der Waals surface area contributed by atoms with E-state index in [-0.39, 0.29) is 0 Å². The average molecular weight is 173 g/mol. The number of benzene rings is 1. The van der Waals surface area contributed by atoms with Gasteiger partial charge in [0.15, 0.2) is 0 Å². The average Bonchev–Trinajstić information content (AvgIpc) is 2.05. The van der Waals surface area contributed by atoms with Gasteiger partial charge in [-0.25, -0.2) is 4.39 Å². The first-order valence-electron chi connectivity index (χ1n) is 3.55. The molecule has 0 aliphatic carbocycles. The van der Waals surface area contributed by atoms with Crippen molar-refractivity contribution >= 4 is 11.6 Å². The number of rotatable bonds is 2. The van der Waals surface area contributed by atoms with Crippen molar-refractivity contribution in [2.24, 2.45) is 0 Å². The van der Waals surface area contributed by atoms with Gasteiger partial charge >= 0.3 is 0 Å². The highest BCUT2D eigenvalue weighted by Gasteiger charge is 2.14. The molecule has 11 heavy (non-hydrogen) atoms. The van der Waals surface area contributed by atoms with Crippen LogP contribution in [0.15, 0.2) is 30.3 Å². The van der Waals surface area contributed by atoms with Crippen LogP contribution in [-0.4, -0.2) is 5.38 Å². The summed E-state index contributed by atoms with van der Waals surface area (Å²) in [6, 6.07) is 8.95. The van der Waals surface area contributed by atoms with Crippen molar-refractivity contribution in [3.63, 3.8) is 0 Å². The molecule has 0 radical (unpaired) electrons. The number of halogens is 2. The summed E-state index contributed by atoms with van der Waals surface area (Å²) >= 11 is 5.59. The second-order valence-electron chi connectivity index (χ2n) is 2.49. The summed E-state index contributed by atoms with van der Waals surface area (Å²) in [7, 11) is 0. The fourth-order valence-corrected chi connectivity index (χ4v) is 1.05. The number of hydrogen-bond donors (Lipinski definition) is 0. The Kier molecular flexibility index (Phi) is 2.89. The predicted octanol–water partition coefficient (Wildman–Crippen LogP) is 3.32. The summed E-state index contributed by atoms with van der Waals surface area (Å²) < 4.78 is 13.1. The molecular weight excluding hydrogens is 163 g/mol. The van der Waals surface area contributed by atoms with Gasteiger partial charge < -0.3 is 0 Å². The lowest BCUT2D eigenvalue weighted by Gasteiger charge is -2.09. The Morgan fingerprint density at radius 2 is 1.82 bits per heavy atom. The molecular formula is C9H10ClF. The molecule has 0 spiro atoms. The molecule has 0 fully saturated rings. The fraction of sp³-hybridized carbons (Fsp3) is 0.333. The van der Waals surface area contributed by atoms with Crippen LogP contribution < -0.4 is 0 Å². The molecule has 0 unspecified atom stereocenters. The standard InChI is InChI=1S/C9H10ClF/c1-7(10)9(11)8-5-3-2-4-6-8/h2-7,9H,1H3/t7-,9+/m1/s1. The van der Waals surface area contributed by atoms with E-state index in [2.05, 4.69) is 0 Å². The van der Waals surface area contributed by atoms with E-state index in [4.69, 9.17) is 11.6 Å². The minimum Gasteiger partial charge on any atom is -0.241 e. The maximum absolute atomic E-state index is 13.1. The van der Waals surface area contributed by atoms with Crippen molar-refractivity contribution in [1.82, 2.24) is 0 Å². The van der Waals surface area contributed by atoms with E-state index in [1.807, 2.05) is 6.07 Å². The molecule has 1 aromatic carbocycles. The zero-order chi connectivity index (χ0) is 8.27. The molecule has 0 saturated heterocycles. The highest BCUT2D eigenvalue weighted by Crippen LogP contribution is 2.24. The van der Waals surface area contributed by atoms with Crippen LogP contribution in [0.1, 0.15) is 18.7 Å². The predicted molar refractivity (Wildman–Crippen MR) is 45.6 cm³/mol. The van der Waals surface area contributed by atoms with Gasteiger partial charge in [0.1, 0.15) is 6.17 Å². The largest absolute Gasteiger partial charge is 0.241 e. The van der Waals surface area contributed by atoms with Crippen LogP contribution in [0.25, 0.3) is 0 Å². The molecule has 0 aliphatic heterocycles. The smallest absolute Gasteiger partial charge is 0.141 e. The Labute approximate surface area is 71.0 Å². The third kappa shape index (κ3) is 2.19. The molecule has 0 saturated carbocycles. The second kappa shape index (κ2) is 3.72. The lowest BCUT2D eigenvalue weighted by atomic mass is 10.1. The lowest BCUT2D eigenvalue weighted by Crippen LogP contribution is -2.02. The molecule has 1 aromatic rings. The molecule has 0 heterocycles.